The highest BCUT2D eigenvalue weighted by Gasteiger charge is 1.98. The molecule has 2 aromatic rings. The van der Waals surface area contributed by atoms with E-state index in [2.05, 4.69) is 9.97 Å². The zero-order valence-corrected chi connectivity index (χ0v) is 10.0. The maximum Gasteiger partial charge on any atom is 0.319 e. The lowest BCUT2D eigenvalue weighted by atomic mass is 10.2. The summed E-state index contributed by atoms with van der Waals surface area (Å²) in [5.41, 5.74) is 1.18. The van der Waals surface area contributed by atoms with Gasteiger partial charge in [0.15, 0.2) is 0 Å². The number of nitrogens with zero attached hydrogens (tertiary/aromatic N) is 2. The van der Waals surface area contributed by atoms with Gasteiger partial charge in [0.25, 0.3) is 0 Å². The molecule has 0 aliphatic carbocycles. The Morgan fingerprint density at radius 2 is 1.71 bits per heavy atom. The Hall–Kier alpha value is -1.81. The molecule has 0 fully saturated rings. The van der Waals surface area contributed by atoms with Crippen LogP contribution in [0.3, 0.4) is 0 Å². The van der Waals surface area contributed by atoms with E-state index >= 15 is 0 Å². The van der Waals surface area contributed by atoms with Gasteiger partial charge in [-0.2, -0.15) is 0 Å². The van der Waals surface area contributed by atoms with Gasteiger partial charge >= 0.3 is 6.01 Å². The van der Waals surface area contributed by atoms with Crippen molar-refractivity contribution in [2.75, 3.05) is 6.79 Å². The third kappa shape index (κ3) is 3.60. The van der Waals surface area contributed by atoms with Crippen molar-refractivity contribution in [3.05, 3.63) is 47.2 Å². The van der Waals surface area contributed by atoms with Gasteiger partial charge in [0.05, 0.1) is 17.4 Å². The lowest BCUT2D eigenvalue weighted by molar-refractivity contribution is 0.110. The molecular weight excluding hydrogens is 240 g/mol. The molecule has 0 atom stereocenters. The molecule has 0 radical (unpaired) electrons. The van der Waals surface area contributed by atoms with E-state index in [9.17, 15) is 0 Å². The first-order valence-corrected chi connectivity index (χ1v) is 5.41. The average Bonchev–Trinajstić information content (AvgIpc) is 2.34. The molecule has 1 aromatic heterocycles. The molecule has 0 saturated heterocycles. The van der Waals surface area contributed by atoms with Crippen molar-refractivity contribution in [3.63, 3.8) is 0 Å². The number of rotatable bonds is 4. The molecule has 0 saturated carbocycles. The number of aryl methyl sites for hydroxylation is 1. The molecule has 0 amide bonds. The largest absolute Gasteiger partial charge is 0.457 e. The van der Waals surface area contributed by atoms with Crippen LogP contribution in [-0.4, -0.2) is 16.8 Å². The van der Waals surface area contributed by atoms with Crippen LogP contribution < -0.4 is 9.47 Å². The Morgan fingerprint density at radius 3 is 2.35 bits per heavy atom. The zero-order chi connectivity index (χ0) is 12.1. The van der Waals surface area contributed by atoms with Crippen molar-refractivity contribution in [2.45, 2.75) is 6.92 Å². The van der Waals surface area contributed by atoms with Crippen LogP contribution in [0.4, 0.5) is 0 Å². The molecular formula is C12H11ClN2O2. The van der Waals surface area contributed by atoms with Gasteiger partial charge in [0.2, 0.25) is 6.79 Å². The standard InChI is InChI=1S/C12H11ClN2O2/c1-9-2-4-11(5-3-9)16-8-17-12-14-6-10(13)7-15-12/h2-7H,8H2,1H3. The zero-order valence-electron chi connectivity index (χ0n) is 9.26. The van der Waals surface area contributed by atoms with E-state index in [0.29, 0.717) is 5.02 Å². The van der Waals surface area contributed by atoms with Crippen LogP contribution >= 0.6 is 11.6 Å². The van der Waals surface area contributed by atoms with Gasteiger partial charge in [0, 0.05) is 0 Å². The molecule has 2 rings (SSSR count). The molecule has 1 heterocycles. The fraction of sp³-hybridized carbons (Fsp3) is 0.167. The molecule has 1 aromatic carbocycles. The number of halogens is 1. The van der Waals surface area contributed by atoms with Gasteiger partial charge in [-0.1, -0.05) is 29.3 Å². The van der Waals surface area contributed by atoms with Gasteiger partial charge in [0.1, 0.15) is 5.75 Å². The molecule has 0 spiro atoms. The summed E-state index contributed by atoms with van der Waals surface area (Å²) >= 11 is 5.64. The lowest BCUT2D eigenvalue weighted by Crippen LogP contribution is -2.07. The summed E-state index contributed by atoms with van der Waals surface area (Å²) in [5, 5.41) is 0.469. The highest BCUT2D eigenvalue weighted by Crippen LogP contribution is 2.12. The van der Waals surface area contributed by atoms with Crippen molar-refractivity contribution in [1.82, 2.24) is 9.97 Å². The second-order valence-corrected chi connectivity index (χ2v) is 3.84. The van der Waals surface area contributed by atoms with Crippen molar-refractivity contribution in [1.29, 1.82) is 0 Å². The Morgan fingerprint density at radius 1 is 1.06 bits per heavy atom. The maximum absolute atomic E-state index is 5.64. The number of hydrogen-bond donors (Lipinski definition) is 0. The van der Waals surface area contributed by atoms with Gasteiger partial charge < -0.3 is 9.47 Å². The molecule has 0 bridgehead atoms. The highest BCUT2D eigenvalue weighted by molar-refractivity contribution is 6.30. The summed E-state index contributed by atoms with van der Waals surface area (Å²) in [7, 11) is 0. The van der Waals surface area contributed by atoms with Crippen LogP contribution in [0.1, 0.15) is 5.56 Å². The summed E-state index contributed by atoms with van der Waals surface area (Å²) in [6, 6.07) is 7.92. The maximum atomic E-state index is 5.64. The first-order chi connectivity index (χ1) is 8.24. The van der Waals surface area contributed by atoms with Crippen LogP contribution in [-0.2, 0) is 0 Å². The van der Waals surface area contributed by atoms with Crippen LogP contribution in [0.25, 0.3) is 0 Å². The number of hydrogen-bond acceptors (Lipinski definition) is 4. The molecule has 0 aliphatic heterocycles. The minimum absolute atomic E-state index is 0.0602. The topological polar surface area (TPSA) is 44.2 Å². The van der Waals surface area contributed by atoms with Crippen LogP contribution in [0, 0.1) is 6.92 Å². The van der Waals surface area contributed by atoms with Gasteiger partial charge in [-0.3, -0.25) is 0 Å². The van der Waals surface area contributed by atoms with Crippen molar-refractivity contribution < 1.29 is 9.47 Å². The predicted octanol–water partition coefficient (Wildman–Crippen LogP) is 2.85. The second-order valence-electron chi connectivity index (χ2n) is 3.40. The van der Waals surface area contributed by atoms with E-state index in [0.717, 1.165) is 5.75 Å². The van der Waals surface area contributed by atoms with Gasteiger partial charge in [-0.15, -0.1) is 0 Å². The third-order valence-corrected chi connectivity index (χ3v) is 2.23. The van der Waals surface area contributed by atoms with E-state index < -0.39 is 0 Å². The first-order valence-electron chi connectivity index (χ1n) is 5.04. The summed E-state index contributed by atoms with van der Waals surface area (Å²) in [4.78, 5) is 7.76. The molecule has 0 N–H and O–H groups in total. The van der Waals surface area contributed by atoms with E-state index in [4.69, 9.17) is 21.1 Å². The lowest BCUT2D eigenvalue weighted by Gasteiger charge is -2.06. The quantitative estimate of drug-likeness (QED) is 0.783. The van der Waals surface area contributed by atoms with Crippen molar-refractivity contribution >= 4 is 11.6 Å². The van der Waals surface area contributed by atoms with Gasteiger partial charge in [-0.05, 0) is 19.1 Å². The van der Waals surface area contributed by atoms with Crippen molar-refractivity contribution in [3.8, 4) is 11.8 Å². The fourth-order valence-corrected chi connectivity index (χ4v) is 1.26. The Kier molecular flexibility index (Phi) is 3.77. The molecule has 0 aliphatic rings. The smallest absolute Gasteiger partial charge is 0.319 e. The van der Waals surface area contributed by atoms with Crippen LogP contribution in [0.5, 0.6) is 11.8 Å². The highest BCUT2D eigenvalue weighted by atomic mass is 35.5. The average molecular weight is 251 g/mol. The van der Waals surface area contributed by atoms with Gasteiger partial charge in [-0.25, -0.2) is 9.97 Å². The summed E-state index contributed by atoms with van der Waals surface area (Å²) in [6.45, 7) is 2.08. The minimum Gasteiger partial charge on any atom is -0.457 e. The van der Waals surface area contributed by atoms with E-state index in [-0.39, 0.29) is 12.8 Å². The Bertz CT molecular complexity index is 425. The predicted molar refractivity (Wildman–Crippen MR) is 64.3 cm³/mol. The van der Waals surface area contributed by atoms with Crippen LogP contribution in [0.2, 0.25) is 5.02 Å². The first kappa shape index (κ1) is 11.7. The summed E-state index contributed by atoms with van der Waals surface area (Å²) < 4.78 is 10.6. The molecule has 17 heavy (non-hydrogen) atoms. The van der Waals surface area contributed by atoms with E-state index in [1.165, 1.54) is 18.0 Å². The van der Waals surface area contributed by atoms with Crippen LogP contribution in [0.15, 0.2) is 36.7 Å². The SMILES string of the molecule is Cc1ccc(OCOc2ncc(Cl)cn2)cc1. The molecule has 5 heteroatoms. The monoisotopic (exact) mass is 250 g/mol. The number of aromatic nitrogens is 2. The molecule has 88 valence electrons. The molecule has 0 unspecified atom stereocenters. The molecule has 4 nitrogen and oxygen atoms in total. The minimum atomic E-state index is 0.0602. The summed E-state index contributed by atoms with van der Waals surface area (Å²) in [6.07, 6.45) is 2.94. The van der Waals surface area contributed by atoms with Crippen molar-refractivity contribution in [2.24, 2.45) is 0 Å². The Balaban J connectivity index is 1.83. The fourth-order valence-electron chi connectivity index (χ4n) is 1.16. The summed E-state index contributed by atoms with van der Waals surface area (Å²) in [5.74, 6) is 0.740. The van der Waals surface area contributed by atoms with E-state index in [1.54, 1.807) is 0 Å². The number of benzene rings is 1. The van der Waals surface area contributed by atoms with E-state index in [1.807, 2.05) is 31.2 Å². The Labute approximate surface area is 104 Å². The number of ether oxygens (including phenoxy) is 2. The normalized spacial score (nSPS) is 10.0. The third-order valence-electron chi connectivity index (χ3n) is 2.03. The second kappa shape index (κ2) is 5.50.